The number of hydrogen-bond donors (Lipinski definition) is 1. The van der Waals surface area contributed by atoms with Crippen LogP contribution < -0.4 is 0 Å². The molecule has 0 fully saturated rings. The number of esters is 1. The van der Waals surface area contributed by atoms with Crippen LogP contribution in [-0.4, -0.2) is 28.0 Å². The van der Waals surface area contributed by atoms with Crippen LogP contribution in [0.5, 0.6) is 0 Å². The molecule has 0 aliphatic rings. The van der Waals surface area contributed by atoms with Crippen LogP contribution in [0.3, 0.4) is 0 Å². The highest BCUT2D eigenvalue weighted by Crippen LogP contribution is 2.11. The van der Waals surface area contributed by atoms with Gasteiger partial charge >= 0.3 is 5.97 Å². The van der Waals surface area contributed by atoms with Crippen LogP contribution in [0.4, 0.5) is 0 Å². The third kappa shape index (κ3) is 3.69. The van der Waals surface area contributed by atoms with Crippen molar-refractivity contribution in [2.45, 2.75) is 19.6 Å². The summed E-state index contributed by atoms with van der Waals surface area (Å²) in [6.07, 6.45) is 0. The molecule has 0 bridgehead atoms. The number of ether oxygens (including phenoxy) is 1. The van der Waals surface area contributed by atoms with Crippen molar-refractivity contribution in [3.05, 3.63) is 12.2 Å². The van der Waals surface area contributed by atoms with Crippen molar-refractivity contribution in [3.63, 3.8) is 0 Å². The van der Waals surface area contributed by atoms with Crippen molar-refractivity contribution >= 4 is 27.7 Å². The third-order valence-electron chi connectivity index (χ3n) is 1.28. The largest absolute Gasteiger partial charge is 0.422 e. The van der Waals surface area contributed by atoms with Crippen LogP contribution in [0.25, 0.3) is 0 Å². The van der Waals surface area contributed by atoms with E-state index in [2.05, 4.69) is 27.2 Å². The Labute approximate surface area is 84.7 Å². The molecule has 0 aliphatic carbocycles. The van der Waals surface area contributed by atoms with E-state index in [9.17, 15) is 14.7 Å². The average Bonchev–Trinajstić information content (AvgIpc) is 2.01. The summed E-state index contributed by atoms with van der Waals surface area (Å²) in [6.45, 7) is 5.85. The first kappa shape index (κ1) is 12.3. The van der Waals surface area contributed by atoms with Crippen molar-refractivity contribution in [3.8, 4) is 0 Å². The number of rotatable bonds is 4. The van der Waals surface area contributed by atoms with Crippen molar-refractivity contribution in [1.29, 1.82) is 0 Å². The molecule has 0 aliphatic heterocycles. The van der Waals surface area contributed by atoms with Gasteiger partial charge in [-0.25, -0.2) is 4.79 Å². The Morgan fingerprint density at radius 3 is 2.38 bits per heavy atom. The molecule has 0 aromatic heterocycles. The summed E-state index contributed by atoms with van der Waals surface area (Å²) in [7, 11) is 0. The Morgan fingerprint density at radius 1 is 1.62 bits per heavy atom. The molecule has 74 valence electrons. The van der Waals surface area contributed by atoms with Gasteiger partial charge < -0.3 is 9.84 Å². The van der Waals surface area contributed by atoms with Gasteiger partial charge in [-0.3, -0.25) is 4.79 Å². The number of halogens is 1. The molecule has 5 heteroatoms. The minimum atomic E-state index is -2.08. The molecule has 13 heavy (non-hydrogen) atoms. The van der Waals surface area contributed by atoms with E-state index in [1.807, 2.05) is 0 Å². The van der Waals surface area contributed by atoms with E-state index >= 15 is 0 Å². The minimum absolute atomic E-state index is 0.0799. The molecule has 0 aromatic carbocycles. The van der Waals surface area contributed by atoms with Gasteiger partial charge in [-0.1, -0.05) is 22.5 Å². The smallest absolute Gasteiger partial charge is 0.335 e. The number of ketones is 1. The fraction of sp³-hybridized carbons (Fsp3) is 0.500. The van der Waals surface area contributed by atoms with Crippen molar-refractivity contribution in [2.75, 3.05) is 5.33 Å². The second-order valence-electron chi connectivity index (χ2n) is 2.71. The summed E-state index contributed by atoms with van der Waals surface area (Å²) in [5.74, 6) is -3.50. The fourth-order valence-electron chi connectivity index (χ4n) is 0.449. The summed E-state index contributed by atoms with van der Waals surface area (Å²) in [4.78, 5) is 21.9. The maximum atomic E-state index is 11.0. The zero-order valence-corrected chi connectivity index (χ0v) is 9.05. The van der Waals surface area contributed by atoms with Crippen molar-refractivity contribution < 1.29 is 19.4 Å². The maximum absolute atomic E-state index is 11.0. The zero-order valence-electron chi connectivity index (χ0n) is 7.46. The number of Topliss-reactive ketones (excluding diaryl/α,β-unsaturated/α-hetero) is 1. The lowest BCUT2D eigenvalue weighted by atomic mass is 10.2. The third-order valence-corrected chi connectivity index (χ3v) is 1.79. The highest BCUT2D eigenvalue weighted by molar-refractivity contribution is 9.09. The van der Waals surface area contributed by atoms with Crippen LogP contribution in [0.1, 0.15) is 13.8 Å². The number of hydrogen-bond acceptors (Lipinski definition) is 4. The highest BCUT2D eigenvalue weighted by Gasteiger charge is 2.33. The molecule has 1 unspecified atom stereocenters. The van der Waals surface area contributed by atoms with Gasteiger partial charge in [0.25, 0.3) is 5.79 Å². The first-order chi connectivity index (χ1) is 5.81. The lowest BCUT2D eigenvalue weighted by Crippen LogP contribution is -2.41. The van der Waals surface area contributed by atoms with Crippen LogP contribution in [-0.2, 0) is 14.3 Å². The first-order valence-corrected chi connectivity index (χ1v) is 4.64. The molecule has 0 radical (unpaired) electrons. The van der Waals surface area contributed by atoms with Crippen molar-refractivity contribution in [2.24, 2.45) is 0 Å². The molecule has 0 aromatic rings. The topological polar surface area (TPSA) is 63.6 Å². The first-order valence-electron chi connectivity index (χ1n) is 3.51. The summed E-state index contributed by atoms with van der Waals surface area (Å²) in [5, 5.41) is 9.26. The predicted molar refractivity (Wildman–Crippen MR) is 50.3 cm³/mol. The number of carbonyl (C=O) groups is 2. The Kier molecular flexibility index (Phi) is 4.29. The van der Waals surface area contributed by atoms with E-state index in [0.717, 1.165) is 6.92 Å². The number of carbonyl (C=O) groups excluding carboxylic acids is 2. The van der Waals surface area contributed by atoms with E-state index in [1.165, 1.54) is 6.92 Å². The molecule has 0 saturated carbocycles. The Balaban J connectivity index is 4.42. The summed E-state index contributed by atoms with van der Waals surface area (Å²) in [5.41, 5.74) is 0.127. The van der Waals surface area contributed by atoms with Gasteiger partial charge in [-0.15, -0.1) is 0 Å². The second-order valence-corrected chi connectivity index (χ2v) is 3.27. The summed E-state index contributed by atoms with van der Waals surface area (Å²) < 4.78 is 4.49. The van der Waals surface area contributed by atoms with Gasteiger partial charge in [0.05, 0.1) is 5.33 Å². The molecule has 1 atom stereocenters. The normalized spacial score (nSPS) is 14.5. The van der Waals surface area contributed by atoms with Gasteiger partial charge in [-0.05, 0) is 6.92 Å². The molecule has 0 saturated heterocycles. The molecule has 4 nitrogen and oxygen atoms in total. The van der Waals surface area contributed by atoms with E-state index in [0.29, 0.717) is 0 Å². The molecule has 0 amide bonds. The van der Waals surface area contributed by atoms with E-state index in [4.69, 9.17) is 0 Å². The van der Waals surface area contributed by atoms with Gasteiger partial charge in [0.2, 0.25) is 5.78 Å². The van der Waals surface area contributed by atoms with Crippen LogP contribution in [0, 0.1) is 0 Å². The quantitative estimate of drug-likeness (QED) is 0.347. The van der Waals surface area contributed by atoms with E-state index < -0.39 is 17.5 Å². The SMILES string of the molecule is C=C(C)C(=O)OC(C)(O)C(=O)CBr. The van der Waals surface area contributed by atoms with E-state index in [-0.39, 0.29) is 10.9 Å². The van der Waals surface area contributed by atoms with Gasteiger partial charge in [-0.2, -0.15) is 0 Å². The molecular formula is C8H11BrO4. The highest BCUT2D eigenvalue weighted by atomic mass is 79.9. The van der Waals surface area contributed by atoms with Crippen molar-refractivity contribution in [1.82, 2.24) is 0 Å². The van der Waals surface area contributed by atoms with Gasteiger partial charge in [0.15, 0.2) is 0 Å². The zero-order chi connectivity index (χ0) is 10.6. The van der Waals surface area contributed by atoms with Crippen LogP contribution in [0.15, 0.2) is 12.2 Å². The van der Waals surface area contributed by atoms with Crippen LogP contribution >= 0.6 is 15.9 Å². The molecule has 0 heterocycles. The van der Waals surface area contributed by atoms with Gasteiger partial charge in [0.1, 0.15) is 0 Å². The van der Waals surface area contributed by atoms with E-state index in [1.54, 1.807) is 0 Å². The molecule has 0 spiro atoms. The fourth-order valence-corrected chi connectivity index (χ4v) is 0.969. The molecular weight excluding hydrogens is 240 g/mol. The second kappa shape index (κ2) is 4.53. The lowest BCUT2D eigenvalue weighted by molar-refractivity contribution is -0.199. The number of alkyl halides is 1. The Morgan fingerprint density at radius 2 is 2.08 bits per heavy atom. The standard InChI is InChI=1S/C8H11BrO4/c1-5(2)7(11)13-8(3,12)6(10)4-9/h12H,1,4H2,2-3H3. The Hall–Kier alpha value is -0.680. The summed E-state index contributed by atoms with van der Waals surface area (Å²) >= 11 is 2.85. The molecule has 1 N–H and O–H groups in total. The maximum Gasteiger partial charge on any atom is 0.335 e. The average molecular weight is 251 g/mol. The summed E-state index contributed by atoms with van der Waals surface area (Å²) in [6, 6.07) is 0. The monoisotopic (exact) mass is 250 g/mol. The minimum Gasteiger partial charge on any atom is -0.422 e. The van der Waals surface area contributed by atoms with Crippen LogP contribution in [0.2, 0.25) is 0 Å². The molecule has 0 rings (SSSR count). The van der Waals surface area contributed by atoms with Gasteiger partial charge in [0, 0.05) is 12.5 Å². The Bertz CT molecular complexity index is 245. The predicted octanol–water partition coefficient (Wildman–Crippen LogP) is 0.778. The number of aliphatic hydroxyl groups is 1. The lowest BCUT2D eigenvalue weighted by Gasteiger charge is -2.20.